The van der Waals surface area contributed by atoms with Gasteiger partial charge in [0.15, 0.2) is 0 Å². The molecule has 2 aromatic heterocycles. The Labute approximate surface area is 565 Å². The van der Waals surface area contributed by atoms with E-state index in [0.717, 1.165) is 68.4 Å². The summed E-state index contributed by atoms with van der Waals surface area (Å²) in [5.74, 6) is -5.14. The van der Waals surface area contributed by atoms with Gasteiger partial charge in [-0.2, -0.15) is 0 Å². The average molecular weight is 1360 g/mol. The van der Waals surface area contributed by atoms with Crippen molar-refractivity contribution in [2.24, 2.45) is 28.6 Å². The summed E-state index contributed by atoms with van der Waals surface area (Å²) in [6, 6.07) is 42.7. The number of hydrogen-bond donors (Lipinski definition) is 1. The fraction of sp³-hybridized carbons (Fsp3) is 0.387. The predicted molar refractivity (Wildman–Crippen MR) is 361 cm³/mol. The van der Waals surface area contributed by atoms with Crippen molar-refractivity contribution in [2.75, 3.05) is 39.3 Å². The highest BCUT2D eigenvalue weighted by atomic mass is 32.1. The van der Waals surface area contributed by atoms with E-state index in [-0.39, 0.29) is 74.5 Å². The van der Waals surface area contributed by atoms with E-state index >= 15 is 17.6 Å². The molecule has 6 aromatic carbocycles. The quantitative estimate of drug-likeness (QED) is 0.0737. The molecule has 2 saturated heterocycles. The molecule has 13 nitrogen and oxygen atoms in total. The molecule has 0 saturated carbocycles. The monoisotopic (exact) mass is 1360 g/mol. The molecule has 0 bridgehead atoms. The summed E-state index contributed by atoms with van der Waals surface area (Å²) in [5.41, 5.74) is 3.31. The molecule has 0 spiro atoms. The SMILES string of the molecule is CC(C)C(=O)N(C[C@@H]1CN(C(=O)OCc2ccccc2)C[C@@H]1F)[C@@H](c1nc(-c2cc(F)ccc2F)sc1Cc1ccccc1)C(C)(C)C.C[C@H](O)C(=O)N(C[C@@H]1CN(C(=O)OCc2ccccc2)C[C@@H]1F)[C@@H](c1nc(-c2cc(F)ccc2F)sc1Cc1ccccc1)C(C)(C)C. The van der Waals surface area contributed by atoms with Gasteiger partial charge in [-0.05, 0) is 76.4 Å². The van der Waals surface area contributed by atoms with Crippen LogP contribution in [0.2, 0.25) is 0 Å². The van der Waals surface area contributed by atoms with Crippen LogP contribution in [0, 0.1) is 51.9 Å². The topological polar surface area (TPSA) is 146 Å². The zero-order chi connectivity index (χ0) is 69.2. The molecule has 8 aromatic rings. The number of thiazole rings is 2. The number of rotatable bonds is 20. The number of amides is 4. The second-order valence-corrected chi connectivity index (χ2v) is 29.2. The normalized spacial score (nSPS) is 17.3. The standard InChI is InChI=1S/C38H42F3N3O3S.C37H40F3N3O4S/c1-24(2)36(45)44(21-27-20-43(22-31(27)41)37(46)47-23-26-14-10-7-11-15-26)34(38(3,4)5)33-32(18-25-12-8-6-9-13-25)48-35(42-33)29-19-28(39)16-17-30(29)40;1-23(44)35(45)43(20-26-19-42(21-30(26)40)36(46)47-22-25-13-9-6-10-14-25)33(37(2,3)4)32-31(17-24-11-7-5-8-12-24)48-34(41-32)28-18-27(38)15-16-29(28)39/h6-17,19,24,27,31,34H,18,20-23H2,1-5H3;5-16,18,23,26,30,33,44H,17,19-22H2,1-4H3/t27-,31-,34-;23-,26-,30-,33-/m00/s1. The van der Waals surface area contributed by atoms with Gasteiger partial charge in [0, 0.05) is 77.7 Å². The van der Waals surface area contributed by atoms with Gasteiger partial charge >= 0.3 is 12.2 Å². The number of aliphatic hydroxyl groups excluding tert-OH is 1. The first-order chi connectivity index (χ1) is 45.6. The number of aliphatic hydroxyl groups is 1. The van der Waals surface area contributed by atoms with E-state index in [9.17, 15) is 33.1 Å². The van der Waals surface area contributed by atoms with Crippen molar-refractivity contribution in [3.8, 4) is 21.1 Å². The molecule has 4 amide bonds. The second-order valence-electron chi connectivity index (χ2n) is 27.0. The van der Waals surface area contributed by atoms with Gasteiger partial charge in [-0.15, -0.1) is 22.7 Å². The molecular weight excluding hydrogens is 1270 g/mol. The van der Waals surface area contributed by atoms with Gasteiger partial charge in [-0.1, -0.05) is 177 Å². The van der Waals surface area contributed by atoms with Crippen LogP contribution in [0.25, 0.3) is 21.1 Å². The Bertz CT molecular complexity index is 3670. The number of nitrogens with zero attached hydrogens (tertiary/aromatic N) is 6. The van der Waals surface area contributed by atoms with Gasteiger partial charge < -0.3 is 34.2 Å². The van der Waals surface area contributed by atoms with Crippen LogP contribution in [0.1, 0.15) is 118 Å². The number of ether oxygens (including phenoxy) is 2. The van der Waals surface area contributed by atoms with Crippen molar-refractivity contribution in [3.63, 3.8) is 0 Å². The lowest BCUT2D eigenvalue weighted by Gasteiger charge is -2.42. The van der Waals surface area contributed by atoms with Gasteiger partial charge in [-0.3, -0.25) is 9.59 Å². The number of carbonyl (C=O) groups excluding carboxylic acids is 4. The van der Waals surface area contributed by atoms with E-state index in [2.05, 4.69) is 0 Å². The summed E-state index contributed by atoms with van der Waals surface area (Å²) in [5, 5.41) is 11.1. The van der Waals surface area contributed by atoms with Crippen molar-refractivity contribution in [2.45, 2.75) is 119 Å². The van der Waals surface area contributed by atoms with E-state index in [1.54, 1.807) is 18.7 Å². The molecular formula is C75H82F6N6O7S2. The number of likely N-dealkylation sites (tertiary alicyclic amines) is 2. The predicted octanol–water partition coefficient (Wildman–Crippen LogP) is 16.4. The third-order valence-corrected chi connectivity index (χ3v) is 19.1. The minimum Gasteiger partial charge on any atom is -0.445 e. The minimum absolute atomic E-state index is 0.00291. The molecule has 2 aliphatic heterocycles. The first-order valence-corrected chi connectivity index (χ1v) is 33.7. The summed E-state index contributed by atoms with van der Waals surface area (Å²) in [6.07, 6.45) is -4.68. The molecule has 96 heavy (non-hydrogen) atoms. The van der Waals surface area contributed by atoms with Gasteiger partial charge in [0.1, 0.15) is 64.9 Å². The lowest BCUT2D eigenvalue weighted by molar-refractivity contribution is -0.145. The van der Waals surface area contributed by atoms with Crippen LogP contribution < -0.4 is 0 Å². The van der Waals surface area contributed by atoms with Crippen molar-refractivity contribution in [1.82, 2.24) is 29.6 Å². The van der Waals surface area contributed by atoms with Gasteiger partial charge in [-0.25, -0.2) is 45.9 Å². The van der Waals surface area contributed by atoms with E-state index in [1.165, 1.54) is 44.3 Å². The molecule has 0 radical (unpaired) electrons. The van der Waals surface area contributed by atoms with Crippen LogP contribution >= 0.6 is 22.7 Å². The van der Waals surface area contributed by atoms with Crippen LogP contribution in [-0.2, 0) is 45.1 Å². The molecule has 21 heteroatoms. The number of alkyl halides is 2. The molecule has 7 atom stereocenters. The Hall–Kier alpha value is -8.40. The smallest absolute Gasteiger partial charge is 0.410 e. The Balaban J connectivity index is 0.000000225. The molecule has 0 aliphatic carbocycles. The first kappa shape index (κ1) is 71.9. The largest absolute Gasteiger partial charge is 0.445 e. The Morgan fingerprint density at radius 1 is 0.521 bits per heavy atom. The number of hydrogen-bond acceptors (Lipinski definition) is 11. The van der Waals surface area contributed by atoms with E-state index < -0.39 is 100 Å². The lowest BCUT2D eigenvalue weighted by atomic mass is 9.81. The van der Waals surface area contributed by atoms with Gasteiger partial charge in [0.2, 0.25) is 5.91 Å². The number of halogens is 6. The summed E-state index contributed by atoms with van der Waals surface area (Å²) in [7, 11) is 0. The highest BCUT2D eigenvalue weighted by Gasteiger charge is 2.46. The number of aromatic nitrogens is 2. The summed E-state index contributed by atoms with van der Waals surface area (Å²) in [6.45, 7) is 16.4. The van der Waals surface area contributed by atoms with Crippen LogP contribution in [0.3, 0.4) is 0 Å². The summed E-state index contributed by atoms with van der Waals surface area (Å²) in [4.78, 5) is 70.9. The second kappa shape index (κ2) is 31.6. The van der Waals surface area contributed by atoms with Crippen LogP contribution in [-0.4, -0.2) is 116 Å². The number of benzene rings is 6. The fourth-order valence-corrected chi connectivity index (χ4v) is 14.5. The maximum atomic E-state index is 15.7. The Kier molecular flexibility index (Phi) is 23.7. The zero-order valence-electron chi connectivity index (χ0n) is 55.4. The maximum absolute atomic E-state index is 15.7. The lowest BCUT2D eigenvalue weighted by Crippen LogP contribution is -2.48. The molecule has 2 aliphatic rings. The third kappa shape index (κ3) is 18.2. The molecule has 2 fully saturated rings. The number of carbonyl (C=O) groups is 4. The Morgan fingerprint density at radius 3 is 1.20 bits per heavy atom. The van der Waals surface area contributed by atoms with E-state index in [0.29, 0.717) is 29.2 Å². The molecule has 1 N–H and O–H groups in total. The molecule has 4 heterocycles. The van der Waals surface area contributed by atoms with Crippen molar-refractivity contribution in [1.29, 1.82) is 0 Å². The average Bonchev–Trinajstić information content (AvgIpc) is 1.63. The summed E-state index contributed by atoms with van der Waals surface area (Å²) >= 11 is 2.47. The van der Waals surface area contributed by atoms with E-state index in [4.69, 9.17) is 19.4 Å². The fourth-order valence-electron chi connectivity index (χ4n) is 12.2. The minimum atomic E-state index is -1.46. The highest BCUT2D eigenvalue weighted by Crippen LogP contribution is 2.47. The van der Waals surface area contributed by atoms with Crippen molar-refractivity contribution >= 4 is 46.7 Å². The van der Waals surface area contributed by atoms with Crippen LogP contribution in [0.15, 0.2) is 158 Å². The zero-order valence-corrected chi connectivity index (χ0v) is 57.0. The maximum Gasteiger partial charge on any atom is 0.410 e. The summed E-state index contributed by atoms with van der Waals surface area (Å²) < 4.78 is 101. The van der Waals surface area contributed by atoms with Crippen LogP contribution in [0.4, 0.5) is 35.9 Å². The van der Waals surface area contributed by atoms with Gasteiger partial charge in [0.25, 0.3) is 5.91 Å². The Morgan fingerprint density at radius 2 is 0.865 bits per heavy atom. The van der Waals surface area contributed by atoms with Crippen molar-refractivity contribution in [3.05, 3.63) is 224 Å². The highest BCUT2D eigenvalue weighted by molar-refractivity contribution is 7.15. The van der Waals surface area contributed by atoms with E-state index in [1.807, 2.05) is 163 Å². The van der Waals surface area contributed by atoms with Crippen LogP contribution in [0.5, 0.6) is 0 Å². The molecule has 508 valence electrons. The van der Waals surface area contributed by atoms with Gasteiger partial charge in [0.05, 0.1) is 36.6 Å². The first-order valence-electron chi connectivity index (χ1n) is 32.1. The molecule has 10 rings (SSSR count). The third-order valence-electron chi connectivity index (χ3n) is 16.9. The van der Waals surface area contributed by atoms with Crippen molar-refractivity contribution < 1.29 is 60.1 Å². The molecule has 0 unspecified atom stereocenters.